The molecule has 0 aliphatic carbocycles. The van der Waals surface area contributed by atoms with Gasteiger partial charge in [-0.1, -0.05) is 6.92 Å². The van der Waals surface area contributed by atoms with Gasteiger partial charge in [0.25, 0.3) is 0 Å². The largest absolute Gasteiger partial charge is 0.447 e. The van der Waals surface area contributed by atoms with Crippen LogP contribution < -0.4 is 5.32 Å². The minimum absolute atomic E-state index is 0.437. The molecule has 0 bridgehead atoms. The number of rotatable bonds is 4. The van der Waals surface area contributed by atoms with E-state index in [1.54, 1.807) is 6.20 Å². The van der Waals surface area contributed by atoms with Gasteiger partial charge in [0.1, 0.15) is 5.76 Å². The van der Waals surface area contributed by atoms with Crippen LogP contribution in [-0.4, -0.2) is 36.6 Å². The molecule has 1 aliphatic rings. The Kier molecular flexibility index (Phi) is 3.61. The van der Waals surface area contributed by atoms with Gasteiger partial charge in [-0.25, -0.2) is 4.98 Å². The second kappa shape index (κ2) is 4.97. The zero-order chi connectivity index (χ0) is 11.4. The quantitative estimate of drug-likeness (QED) is 0.840. The number of nitrogens with one attached hydrogen (secondary N) is 1. The van der Waals surface area contributed by atoms with Gasteiger partial charge in [0.05, 0.1) is 12.7 Å². The van der Waals surface area contributed by atoms with E-state index in [2.05, 4.69) is 29.2 Å². The van der Waals surface area contributed by atoms with Gasteiger partial charge >= 0.3 is 0 Å². The molecule has 0 radical (unpaired) electrons. The van der Waals surface area contributed by atoms with Crippen molar-refractivity contribution < 1.29 is 4.42 Å². The highest BCUT2D eigenvalue weighted by atomic mass is 16.3. The van der Waals surface area contributed by atoms with Gasteiger partial charge < -0.3 is 14.6 Å². The molecule has 1 fully saturated rings. The molecule has 1 saturated heterocycles. The van der Waals surface area contributed by atoms with Gasteiger partial charge in [-0.2, -0.15) is 0 Å². The molecular formula is C12H21N3O. The van der Waals surface area contributed by atoms with E-state index in [9.17, 15) is 0 Å². The van der Waals surface area contributed by atoms with Crippen molar-refractivity contribution in [3.05, 3.63) is 18.4 Å². The van der Waals surface area contributed by atoms with Gasteiger partial charge in [0.15, 0.2) is 6.39 Å². The number of nitrogens with zero attached hydrogens (tertiary/aromatic N) is 2. The van der Waals surface area contributed by atoms with Crippen LogP contribution in [0.5, 0.6) is 0 Å². The van der Waals surface area contributed by atoms with Crippen LogP contribution >= 0.6 is 0 Å². The summed E-state index contributed by atoms with van der Waals surface area (Å²) in [5.74, 6) is 0.913. The van der Waals surface area contributed by atoms with Crippen molar-refractivity contribution in [2.75, 3.05) is 26.7 Å². The topological polar surface area (TPSA) is 41.3 Å². The molecule has 90 valence electrons. The molecule has 1 aromatic heterocycles. The van der Waals surface area contributed by atoms with Crippen molar-refractivity contribution in [1.29, 1.82) is 0 Å². The Bertz CT molecular complexity index is 302. The average molecular weight is 223 g/mol. The Morgan fingerprint density at radius 2 is 2.25 bits per heavy atom. The molecule has 0 amide bonds. The predicted octanol–water partition coefficient (Wildman–Crippen LogP) is 1.50. The first-order chi connectivity index (χ1) is 7.68. The highest BCUT2D eigenvalue weighted by Crippen LogP contribution is 2.29. The van der Waals surface area contributed by atoms with Crippen LogP contribution in [0.25, 0.3) is 0 Å². The Morgan fingerprint density at radius 3 is 2.88 bits per heavy atom. The smallest absolute Gasteiger partial charge is 0.180 e. The fraction of sp³-hybridized carbons (Fsp3) is 0.750. The number of aromatic nitrogens is 1. The van der Waals surface area contributed by atoms with Gasteiger partial charge in [0, 0.05) is 6.54 Å². The van der Waals surface area contributed by atoms with Crippen molar-refractivity contribution in [2.24, 2.45) is 5.41 Å². The lowest BCUT2D eigenvalue weighted by Crippen LogP contribution is -2.41. The van der Waals surface area contributed by atoms with E-state index >= 15 is 0 Å². The molecule has 0 spiro atoms. The first-order valence-corrected chi connectivity index (χ1v) is 5.95. The number of oxazole rings is 1. The van der Waals surface area contributed by atoms with Gasteiger partial charge in [-0.05, 0) is 38.4 Å². The molecule has 16 heavy (non-hydrogen) atoms. The van der Waals surface area contributed by atoms with E-state index in [1.165, 1.54) is 32.3 Å². The predicted molar refractivity (Wildman–Crippen MR) is 63.0 cm³/mol. The molecule has 0 atom stereocenters. The van der Waals surface area contributed by atoms with E-state index in [4.69, 9.17) is 4.42 Å². The van der Waals surface area contributed by atoms with E-state index in [0.29, 0.717) is 5.41 Å². The maximum Gasteiger partial charge on any atom is 0.180 e. The molecule has 1 N–H and O–H groups in total. The third kappa shape index (κ3) is 3.06. The second-order valence-corrected chi connectivity index (χ2v) is 5.19. The molecule has 2 heterocycles. The third-order valence-electron chi connectivity index (χ3n) is 3.53. The fourth-order valence-corrected chi connectivity index (χ4v) is 2.15. The SMILES string of the molecule is CN1CCC(C)(CNCc2cnco2)CC1. The lowest BCUT2D eigenvalue weighted by molar-refractivity contribution is 0.136. The van der Waals surface area contributed by atoms with Crippen molar-refractivity contribution in [3.63, 3.8) is 0 Å². The molecule has 0 aromatic carbocycles. The Balaban J connectivity index is 1.73. The third-order valence-corrected chi connectivity index (χ3v) is 3.53. The van der Waals surface area contributed by atoms with Gasteiger partial charge in [-0.15, -0.1) is 0 Å². The Morgan fingerprint density at radius 1 is 1.50 bits per heavy atom. The average Bonchev–Trinajstić information content (AvgIpc) is 2.76. The number of piperidine rings is 1. The Hall–Kier alpha value is -0.870. The number of hydrogen-bond donors (Lipinski definition) is 1. The van der Waals surface area contributed by atoms with Crippen LogP contribution in [0, 0.1) is 5.41 Å². The summed E-state index contributed by atoms with van der Waals surface area (Å²) in [4.78, 5) is 6.30. The van der Waals surface area contributed by atoms with Crippen molar-refractivity contribution in [1.82, 2.24) is 15.2 Å². The minimum atomic E-state index is 0.437. The first kappa shape index (κ1) is 11.6. The summed E-state index contributed by atoms with van der Waals surface area (Å²) in [5.41, 5.74) is 0.437. The summed E-state index contributed by atoms with van der Waals surface area (Å²) in [6, 6.07) is 0. The first-order valence-electron chi connectivity index (χ1n) is 5.95. The summed E-state index contributed by atoms with van der Waals surface area (Å²) >= 11 is 0. The van der Waals surface area contributed by atoms with E-state index < -0.39 is 0 Å². The van der Waals surface area contributed by atoms with Crippen LogP contribution in [0.1, 0.15) is 25.5 Å². The van der Waals surface area contributed by atoms with Crippen LogP contribution in [0.3, 0.4) is 0 Å². The molecule has 4 heteroatoms. The van der Waals surface area contributed by atoms with Crippen LogP contribution in [0.2, 0.25) is 0 Å². The second-order valence-electron chi connectivity index (χ2n) is 5.19. The monoisotopic (exact) mass is 223 g/mol. The van der Waals surface area contributed by atoms with E-state index in [-0.39, 0.29) is 0 Å². The molecular weight excluding hydrogens is 202 g/mol. The highest BCUT2D eigenvalue weighted by Gasteiger charge is 2.28. The summed E-state index contributed by atoms with van der Waals surface area (Å²) < 4.78 is 5.19. The maximum absolute atomic E-state index is 5.19. The van der Waals surface area contributed by atoms with Crippen LogP contribution in [0.4, 0.5) is 0 Å². The van der Waals surface area contributed by atoms with Gasteiger partial charge in [0.2, 0.25) is 0 Å². The lowest BCUT2D eigenvalue weighted by atomic mass is 9.80. The van der Waals surface area contributed by atoms with Crippen LogP contribution in [-0.2, 0) is 6.54 Å². The van der Waals surface area contributed by atoms with E-state index in [0.717, 1.165) is 18.8 Å². The maximum atomic E-state index is 5.19. The summed E-state index contributed by atoms with van der Waals surface area (Å²) in [5, 5.41) is 3.46. The molecule has 1 aromatic rings. The van der Waals surface area contributed by atoms with Crippen molar-refractivity contribution >= 4 is 0 Å². The number of hydrogen-bond acceptors (Lipinski definition) is 4. The van der Waals surface area contributed by atoms with Crippen LogP contribution in [0.15, 0.2) is 17.0 Å². The normalized spacial score (nSPS) is 21.1. The lowest BCUT2D eigenvalue weighted by Gasteiger charge is -2.38. The van der Waals surface area contributed by atoms with Gasteiger partial charge in [-0.3, -0.25) is 0 Å². The Labute approximate surface area is 97.0 Å². The molecule has 1 aliphatic heterocycles. The fourth-order valence-electron chi connectivity index (χ4n) is 2.15. The summed E-state index contributed by atoms with van der Waals surface area (Å²) in [6.07, 6.45) is 5.79. The minimum Gasteiger partial charge on any atom is -0.447 e. The van der Waals surface area contributed by atoms with Crippen molar-refractivity contribution in [3.8, 4) is 0 Å². The zero-order valence-electron chi connectivity index (χ0n) is 10.2. The van der Waals surface area contributed by atoms with E-state index in [1.807, 2.05) is 0 Å². The molecule has 4 nitrogen and oxygen atoms in total. The molecule has 0 unspecified atom stereocenters. The highest BCUT2D eigenvalue weighted by molar-refractivity contribution is 4.89. The molecule has 2 rings (SSSR count). The summed E-state index contributed by atoms with van der Waals surface area (Å²) in [6.45, 7) is 6.63. The molecule has 0 saturated carbocycles. The van der Waals surface area contributed by atoms with Crippen molar-refractivity contribution in [2.45, 2.75) is 26.3 Å². The standard InChI is InChI=1S/C12H21N3O/c1-12(3-5-15(2)6-4-12)9-13-7-11-8-14-10-16-11/h8,10,13H,3-7,9H2,1-2H3. The zero-order valence-corrected chi connectivity index (χ0v) is 10.2. The number of likely N-dealkylation sites (tertiary alicyclic amines) is 1. The summed E-state index contributed by atoms with van der Waals surface area (Å²) in [7, 11) is 2.20.